The van der Waals surface area contributed by atoms with Gasteiger partial charge in [-0.1, -0.05) is 23.8 Å². The Kier molecular flexibility index (Phi) is 3.84. The summed E-state index contributed by atoms with van der Waals surface area (Å²) in [5, 5.41) is 0. The first kappa shape index (κ1) is 17.0. The molecule has 1 aromatic carbocycles. The number of hydrogen-bond acceptors (Lipinski definition) is 3. The largest absolute Gasteiger partial charge is 0.367 e. The van der Waals surface area contributed by atoms with Crippen LogP contribution in [0.25, 0.3) is 0 Å². The van der Waals surface area contributed by atoms with Gasteiger partial charge in [-0.2, -0.15) is 0 Å². The second kappa shape index (κ2) is 6.32. The van der Waals surface area contributed by atoms with Gasteiger partial charge < -0.3 is 9.80 Å². The van der Waals surface area contributed by atoms with E-state index in [1.54, 1.807) is 5.56 Å². The Morgan fingerprint density at radius 3 is 2.68 bits per heavy atom. The molecular formula is C25H31N3. The third kappa shape index (κ3) is 2.62. The first-order valence-electron chi connectivity index (χ1n) is 11.2. The van der Waals surface area contributed by atoms with Gasteiger partial charge in [-0.15, -0.1) is 0 Å². The second-order valence-electron chi connectivity index (χ2n) is 9.91. The third-order valence-corrected chi connectivity index (χ3v) is 7.96. The van der Waals surface area contributed by atoms with Crippen LogP contribution in [0.15, 0.2) is 36.5 Å². The molecule has 0 N–H and O–H groups in total. The molecule has 4 bridgehead atoms. The van der Waals surface area contributed by atoms with Crippen LogP contribution >= 0.6 is 0 Å². The Labute approximate surface area is 168 Å². The molecule has 3 saturated heterocycles. The molecule has 1 saturated carbocycles. The number of hydrogen-bond donors (Lipinski definition) is 0. The molecule has 28 heavy (non-hydrogen) atoms. The summed E-state index contributed by atoms with van der Waals surface area (Å²) < 4.78 is 0. The maximum absolute atomic E-state index is 4.52. The van der Waals surface area contributed by atoms with E-state index in [0.717, 1.165) is 42.3 Å². The van der Waals surface area contributed by atoms with Gasteiger partial charge in [0.05, 0.1) is 0 Å². The molecule has 0 radical (unpaired) electrons. The number of rotatable bonds is 3. The van der Waals surface area contributed by atoms with Gasteiger partial charge in [-0.3, -0.25) is 4.98 Å². The van der Waals surface area contributed by atoms with E-state index in [-0.39, 0.29) is 0 Å². The number of pyridine rings is 1. The lowest BCUT2D eigenvalue weighted by atomic mass is 9.79. The average molecular weight is 374 g/mol. The lowest BCUT2D eigenvalue weighted by molar-refractivity contribution is 0.0739. The van der Waals surface area contributed by atoms with Crippen LogP contribution in [0.3, 0.4) is 0 Å². The highest BCUT2D eigenvalue weighted by molar-refractivity contribution is 5.64. The van der Waals surface area contributed by atoms with Crippen molar-refractivity contribution in [2.24, 2.45) is 17.8 Å². The summed E-state index contributed by atoms with van der Waals surface area (Å²) >= 11 is 0. The van der Waals surface area contributed by atoms with Crippen molar-refractivity contribution in [2.75, 3.05) is 31.1 Å². The van der Waals surface area contributed by atoms with Crippen molar-refractivity contribution in [3.8, 4) is 0 Å². The molecule has 7 rings (SSSR count). The van der Waals surface area contributed by atoms with Gasteiger partial charge in [-0.25, -0.2) is 0 Å². The number of nitrogens with zero attached hydrogens (tertiary/aromatic N) is 3. The standard InChI is InChI=1S/C25H31N3/c1-16-3-6-23-22(9-16)24-20-10-19-11-21(15-27(13-19)14-20)25(24)28(23)8-7-18-5-4-17(2)26-12-18/h3-6,9,12,19-21,24-25H,7-8,10-11,13-15H2,1-2H3/t19?,20-,21+,24-,25-/m0/s1. The zero-order valence-electron chi connectivity index (χ0n) is 17.1. The van der Waals surface area contributed by atoms with Crippen molar-refractivity contribution in [1.29, 1.82) is 0 Å². The number of piperidine rings is 2. The summed E-state index contributed by atoms with van der Waals surface area (Å²) in [4.78, 5) is 10.1. The van der Waals surface area contributed by atoms with Gasteiger partial charge >= 0.3 is 0 Å². The summed E-state index contributed by atoms with van der Waals surface area (Å²) in [6.45, 7) is 9.47. The Morgan fingerprint density at radius 1 is 1.00 bits per heavy atom. The van der Waals surface area contributed by atoms with Gasteiger partial charge in [0, 0.05) is 55.7 Å². The number of aromatic nitrogens is 1. The van der Waals surface area contributed by atoms with Gasteiger partial charge in [0.2, 0.25) is 0 Å². The summed E-state index contributed by atoms with van der Waals surface area (Å²) in [6.07, 6.45) is 6.07. The highest BCUT2D eigenvalue weighted by atomic mass is 15.2. The van der Waals surface area contributed by atoms with Crippen LogP contribution < -0.4 is 4.90 Å². The van der Waals surface area contributed by atoms with Crippen LogP contribution in [0.5, 0.6) is 0 Å². The van der Waals surface area contributed by atoms with Crippen LogP contribution in [0.4, 0.5) is 5.69 Å². The molecular weight excluding hydrogens is 342 g/mol. The molecule has 4 fully saturated rings. The number of anilines is 1. The molecule has 1 aromatic heterocycles. The highest BCUT2D eigenvalue weighted by Gasteiger charge is 2.53. The van der Waals surface area contributed by atoms with E-state index in [4.69, 9.17) is 0 Å². The fourth-order valence-electron chi connectivity index (χ4n) is 7.00. The van der Waals surface area contributed by atoms with Crippen molar-refractivity contribution in [3.63, 3.8) is 0 Å². The highest BCUT2D eigenvalue weighted by Crippen LogP contribution is 2.55. The van der Waals surface area contributed by atoms with Crippen LogP contribution in [-0.2, 0) is 6.42 Å². The van der Waals surface area contributed by atoms with Crippen molar-refractivity contribution < 1.29 is 0 Å². The molecule has 2 unspecified atom stereocenters. The van der Waals surface area contributed by atoms with Crippen LogP contribution in [0.2, 0.25) is 0 Å². The van der Waals surface area contributed by atoms with E-state index < -0.39 is 0 Å². The van der Waals surface area contributed by atoms with E-state index in [9.17, 15) is 0 Å². The smallest absolute Gasteiger partial charge is 0.0405 e. The quantitative estimate of drug-likeness (QED) is 0.804. The van der Waals surface area contributed by atoms with Crippen molar-refractivity contribution in [1.82, 2.24) is 9.88 Å². The molecule has 3 heteroatoms. The van der Waals surface area contributed by atoms with Gasteiger partial charge in [0.1, 0.15) is 0 Å². The SMILES string of the molecule is Cc1ccc2c(c1)[C@@H]1[C@H]3CC4C[C@H](CN(C4)C3)[C@@H]1N2CCc1ccc(C)nc1. The molecule has 5 aliphatic rings. The molecule has 146 valence electrons. The van der Waals surface area contributed by atoms with Crippen LogP contribution in [0, 0.1) is 31.6 Å². The van der Waals surface area contributed by atoms with Crippen molar-refractivity contribution in [3.05, 3.63) is 58.9 Å². The lowest BCUT2D eigenvalue weighted by Gasteiger charge is -2.43. The molecule has 4 aliphatic heterocycles. The Balaban J connectivity index is 1.37. The molecule has 2 aromatic rings. The monoisotopic (exact) mass is 373 g/mol. The molecule has 0 amide bonds. The first-order valence-corrected chi connectivity index (χ1v) is 11.2. The minimum atomic E-state index is 0.704. The zero-order valence-corrected chi connectivity index (χ0v) is 17.1. The minimum Gasteiger partial charge on any atom is -0.367 e. The van der Waals surface area contributed by atoms with Crippen LogP contribution in [0.1, 0.15) is 41.1 Å². The Morgan fingerprint density at radius 2 is 1.86 bits per heavy atom. The topological polar surface area (TPSA) is 19.4 Å². The van der Waals surface area contributed by atoms with E-state index in [1.807, 2.05) is 0 Å². The number of fused-ring (bicyclic) bond motifs is 1. The summed E-state index contributed by atoms with van der Waals surface area (Å²) in [5.41, 5.74) is 7.09. The summed E-state index contributed by atoms with van der Waals surface area (Å²) in [5.74, 6) is 3.37. The molecule has 6 atom stereocenters. The number of benzene rings is 1. The molecule has 0 spiro atoms. The lowest BCUT2D eigenvalue weighted by Crippen LogP contribution is -2.48. The molecule has 5 heterocycles. The second-order valence-corrected chi connectivity index (χ2v) is 9.91. The fourth-order valence-corrected chi connectivity index (χ4v) is 7.00. The van der Waals surface area contributed by atoms with E-state index in [1.165, 1.54) is 49.3 Å². The van der Waals surface area contributed by atoms with Crippen LogP contribution in [-0.4, -0.2) is 42.1 Å². The fraction of sp³-hybridized carbons (Fsp3) is 0.560. The average Bonchev–Trinajstić information content (AvgIpc) is 2.89. The molecule has 3 nitrogen and oxygen atoms in total. The maximum atomic E-state index is 4.52. The Hall–Kier alpha value is -1.87. The maximum Gasteiger partial charge on any atom is 0.0405 e. The van der Waals surface area contributed by atoms with Gasteiger partial charge in [-0.05, 0) is 74.1 Å². The van der Waals surface area contributed by atoms with Gasteiger partial charge in [0.25, 0.3) is 0 Å². The molecule has 1 aliphatic carbocycles. The van der Waals surface area contributed by atoms with Crippen molar-refractivity contribution in [2.45, 2.75) is 45.1 Å². The van der Waals surface area contributed by atoms with E-state index >= 15 is 0 Å². The van der Waals surface area contributed by atoms with E-state index in [2.05, 4.69) is 65.2 Å². The van der Waals surface area contributed by atoms with Crippen molar-refractivity contribution >= 4 is 5.69 Å². The zero-order chi connectivity index (χ0) is 18.8. The van der Waals surface area contributed by atoms with E-state index in [0.29, 0.717) is 6.04 Å². The normalized spacial score (nSPS) is 35.0. The van der Waals surface area contributed by atoms with Gasteiger partial charge in [0.15, 0.2) is 0 Å². The predicted octanol–water partition coefficient (Wildman–Crippen LogP) is 4.18. The Bertz CT molecular complexity index is 875. The third-order valence-electron chi connectivity index (χ3n) is 7.96. The predicted molar refractivity (Wildman–Crippen MR) is 114 cm³/mol. The summed E-state index contributed by atoms with van der Waals surface area (Å²) in [6, 6.07) is 12.4. The summed E-state index contributed by atoms with van der Waals surface area (Å²) in [7, 11) is 0. The first-order chi connectivity index (χ1) is 13.7. The number of aryl methyl sites for hydroxylation is 2. The minimum absolute atomic E-state index is 0.704.